The van der Waals surface area contributed by atoms with Crippen molar-refractivity contribution < 1.29 is 24.1 Å². The zero-order chi connectivity index (χ0) is 24.7. The molecule has 1 aliphatic heterocycles. The molecule has 0 unspecified atom stereocenters. The Bertz CT molecular complexity index is 1210. The standard InChI is InChI=1S/C24H28N4O5S/c1-7-24(8-2)18-17(14-10-9-13(23(3,4)30)11-15(14)33-24)27-22(34-18)28-19(29)16-20(31-5)25-12-26-21(16)32-6/h9-12,30H,7-8H2,1-6H3,(H,27,28,29). The molecule has 3 aromatic rings. The maximum atomic E-state index is 13.1. The number of rotatable bonds is 7. The van der Waals surface area contributed by atoms with Gasteiger partial charge in [0.15, 0.2) is 10.7 Å². The summed E-state index contributed by atoms with van der Waals surface area (Å²) in [7, 11) is 2.85. The topological polar surface area (TPSA) is 116 Å². The zero-order valence-electron chi connectivity index (χ0n) is 20.1. The second kappa shape index (κ2) is 8.84. The lowest BCUT2D eigenvalue weighted by Crippen LogP contribution is -2.34. The van der Waals surface area contributed by atoms with Gasteiger partial charge in [0.25, 0.3) is 5.91 Å². The molecule has 0 radical (unpaired) electrons. The summed E-state index contributed by atoms with van der Waals surface area (Å²) < 4.78 is 17.0. The second-order valence-corrected chi connectivity index (χ2v) is 9.49. The van der Waals surface area contributed by atoms with Gasteiger partial charge in [0.05, 0.1) is 30.4 Å². The minimum Gasteiger partial charge on any atom is -0.481 e. The quantitative estimate of drug-likeness (QED) is 0.503. The van der Waals surface area contributed by atoms with Crippen LogP contribution < -0.4 is 19.5 Å². The predicted molar refractivity (Wildman–Crippen MR) is 129 cm³/mol. The first-order valence-electron chi connectivity index (χ1n) is 11.0. The number of hydrogen-bond acceptors (Lipinski definition) is 9. The van der Waals surface area contributed by atoms with E-state index in [2.05, 4.69) is 29.1 Å². The second-order valence-electron chi connectivity index (χ2n) is 8.49. The third kappa shape index (κ3) is 3.97. The van der Waals surface area contributed by atoms with Crippen molar-refractivity contribution in [2.45, 2.75) is 51.7 Å². The molecule has 0 saturated heterocycles. The molecule has 9 nitrogen and oxygen atoms in total. The Morgan fingerprint density at radius 2 is 1.82 bits per heavy atom. The first-order chi connectivity index (χ1) is 16.2. The van der Waals surface area contributed by atoms with Gasteiger partial charge in [0.2, 0.25) is 11.8 Å². The first kappa shape index (κ1) is 23.9. The first-order valence-corrected chi connectivity index (χ1v) is 11.8. The molecule has 180 valence electrons. The van der Waals surface area contributed by atoms with Crippen LogP contribution in [0.15, 0.2) is 24.5 Å². The molecule has 0 fully saturated rings. The van der Waals surface area contributed by atoms with Gasteiger partial charge < -0.3 is 19.3 Å². The normalized spacial score (nSPS) is 14.0. The van der Waals surface area contributed by atoms with Crippen molar-refractivity contribution in [2.24, 2.45) is 0 Å². The molecule has 2 aromatic heterocycles. The van der Waals surface area contributed by atoms with Crippen LogP contribution in [0.4, 0.5) is 5.13 Å². The number of benzene rings is 1. The van der Waals surface area contributed by atoms with Gasteiger partial charge in [-0.3, -0.25) is 10.1 Å². The molecule has 1 amide bonds. The summed E-state index contributed by atoms with van der Waals surface area (Å²) in [6.45, 7) is 7.60. The van der Waals surface area contributed by atoms with Crippen LogP contribution in [0.5, 0.6) is 17.5 Å². The summed E-state index contributed by atoms with van der Waals surface area (Å²) in [4.78, 5) is 26.9. The summed E-state index contributed by atoms with van der Waals surface area (Å²) in [5, 5.41) is 13.7. The fraction of sp³-hybridized carbons (Fsp3) is 0.417. The molecule has 3 heterocycles. The van der Waals surface area contributed by atoms with Gasteiger partial charge in [-0.15, -0.1) is 0 Å². The van der Waals surface area contributed by atoms with Crippen LogP contribution >= 0.6 is 11.3 Å². The third-order valence-corrected chi connectivity index (χ3v) is 7.20. The highest BCUT2D eigenvalue weighted by Crippen LogP contribution is 2.52. The number of nitrogens with zero attached hydrogens (tertiary/aromatic N) is 3. The molecule has 0 saturated carbocycles. The monoisotopic (exact) mass is 484 g/mol. The van der Waals surface area contributed by atoms with Crippen molar-refractivity contribution in [1.82, 2.24) is 15.0 Å². The van der Waals surface area contributed by atoms with Crippen molar-refractivity contribution >= 4 is 22.4 Å². The maximum absolute atomic E-state index is 13.1. The van der Waals surface area contributed by atoms with Gasteiger partial charge in [-0.2, -0.15) is 0 Å². The number of ether oxygens (including phenoxy) is 3. The highest BCUT2D eigenvalue weighted by molar-refractivity contribution is 7.16. The van der Waals surface area contributed by atoms with E-state index in [1.165, 1.54) is 31.9 Å². The minimum atomic E-state index is -1.00. The average molecular weight is 485 g/mol. The number of carbonyl (C=O) groups is 1. The fourth-order valence-electron chi connectivity index (χ4n) is 4.04. The summed E-state index contributed by atoms with van der Waals surface area (Å²) in [5.74, 6) is 0.390. The highest BCUT2D eigenvalue weighted by Gasteiger charge is 2.42. The number of anilines is 1. The Morgan fingerprint density at radius 1 is 1.18 bits per heavy atom. The van der Waals surface area contributed by atoms with Gasteiger partial charge in [-0.25, -0.2) is 15.0 Å². The molecule has 34 heavy (non-hydrogen) atoms. The molecule has 0 atom stereocenters. The van der Waals surface area contributed by atoms with E-state index in [9.17, 15) is 9.90 Å². The number of methoxy groups -OCH3 is 2. The predicted octanol–water partition coefficient (Wildman–Crippen LogP) is 4.50. The third-order valence-electron chi connectivity index (χ3n) is 6.04. The minimum absolute atomic E-state index is 0.0874. The lowest BCUT2D eigenvalue weighted by molar-refractivity contribution is 0.0553. The Hall–Kier alpha value is -3.24. The Balaban J connectivity index is 1.78. The molecule has 4 rings (SSSR count). The van der Waals surface area contributed by atoms with Gasteiger partial charge in [-0.1, -0.05) is 31.3 Å². The van der Waals surface area contributed by atoms with E-state index in [1.807, 2.05) is 18.2 Å². The summed E-state index contributed by atoms with van der Waals surface area (Å²) in [6, 6.07) is 5.64. The number of aliphatic hydroxyl groups is 1. The lowest BCUT2D eigenvalue weighted by Gasteiger charge is -2.37. The maximum Gasteiger partial charge on any atom is 0.268 e. The number of amides is 1. The van der Waals surface area contributed by atoms with Crippen molar-refractivity contribution in [2.75, 3.05) is 19.5 Å². The average Bonchev–Trinajstić information content (AvgIpc) is 3.26. The van der Waals surface area contributed by atoms with Crippen molar-refractivity contribution in [3.8, 4) is 28.8 Å². The molecule has 1 aromatic carbocycles. The number of hydrogen-bond donors (Lipinski definition) is 2. The molecule has 0 aliphatic carbocycles. The van der Waals surface area contributed by atoms with Crippen molar-refractivity contribution in [3.63, 3.8) is 0 Å². The van der Waals surface area contributed by atoms with E-state index in [1.54, 1.807) is 13.8 Å². The van der Waals surface area contributed by atoms with Crippen molar-refractivity contribution in [1.29, 1.82) is 0 Å². The number of carbonyl (C=O) groups excluding carboxylic acids is 1. The smallest absolute Gasteiger partial charge is 0.268 e. The molecular formula is C24H28N4O5S. The molecule has 0 bridgehead atoms. The van der Waals surface area contributed by atoms with Gasteiger partial charge >= 0.3 is 0 Å². The van der Waals surface area contributed by atoms with Crippen LogP contribution in [-0.2, 0) is 11.2 Å². The lowest BCUT2D eigenvalue weighted by atomic mass is 9.87. The van der Waals surface area contributed by atoms with Crippen molar-refractivity contribution in [3.05, 3.63) is 40.5 Å². The Labute approximate surface area is 202 Å². The van der Waals surface area contributed by atoms with E-state index in [4.69, 9.17) is 19.2 Å². The van der Waals surface area contributed by atoms with Gasteiger partial charge in [0, 0.05) is 5.56 Å². The molecule has 1 aliphatic rings. The van der Waals surface area contributed by atoms with E-state index < -0.39 is 17.1 Å². The number of aromatic nitrogens is 3. The Morgan fingerprint density at radius 3 is 2.38 bits per heavy atom. The number of fused-ring (bicyclic) bond motifs is 3. The van der Waals surface area contributed by atoms with E-state index in [0.717, 1.165) is 21.7 Å². The van der Waals surface area contributed by atoms with Crippen LogP contribution in [0, 0.1) is 0 Å². The number of thiazole rings is 1. The van der Waals surface area contributed by atoms with E-state index >= 15 is 0 Å². The summed E-state index contributed by atoms with van der Waals surface area (Å²) in [5.41, 5.74) is 0.821. The molecule has 0 spiro atoms. The molecule has 2 N–H and O–H groups in total. The fourth-order valence-corrected chi connectivity index (χ4v) is 5.28. The van der Waals surface area contributed by atoms with Crippen LogP contribution in [0.2, 0.25) is 0 Å². The molecule has 10 heteroatoms. The van der Waals surface area contributed by atoms with Crippen LogP contribution in [-0.4, -0.2) is 40.2 Å². The summed E-state index contributed by atoms with van der Waals surface area (Å²) in [6.07, 6.45) is 2.70. The van der Waals surface area contributed by atoms with E-state index in [0.29, 0.717) is 23.7 Å². The molecular weight excluding hydrogens is 456 g/mol. The SMILES string of the molecule is CCC1(CC)Oc2cc(C(C)(C)O)ccc2-c2nc(NC(=O)c3c(OC)ncnc3OC)sc21. The van der Waals surface area contributed by atoms with Crippen LogP contribution in [0.25, 0.3) is 11.3 Å². The number of nitrogens with one attached hydrogen (secondary N) is 1. The van der Waals surface area contributed by atoms with E-state index in [-0.39, 0.29) is 17.3 Å². The van der Waals surface area contributed by atoms with Crippen LogP contribution in [0.1, 0.15) is 61.3 Å². The largest absolute Gasteiger partial charge is 0.481 e. The van der Waals surface area contributed by atoms with Crippen LogP contribution in [0.3, 0.4) is 0 Å². The highest BCUT2D eigenvalue weighted by atomic mass is 32.1. The van der Waals surface area contributed by atoms with Gasteiger partial charge in [0.1, 0.15) is 17.7 Å². The van der Waals surface area contributed by atoms with Gasteiger partial charge in [-0.05, 0) is 44.4 Å². The Kier molecular flexibility index (Phi) is 6.22. The summed E-state index contributed by atoms with van der Waals surface area (Å²) >= 11 is 1.37. The zero-order valence-corrected chi connectivity index (χ0v) is 20.9.